The van der Waals surface area contributed by atoms with Crippen LogP contribution in [0.15, 0.2) is 48.7 Å². The number of esters is 1. The highest BCUT2D eigenvalue weighted by atomic mass is 35.5. The molecule has 0 amide bonds. The molecule has 1 heterocycles. The standard InChI is InChI=1S/C17H13ClFN5O2/c1-26-16(25)10-2-7-13(18)14(8-10)22-17-23-15(9-20-24-17)21-12-5-3-11(19)4-6-12/h2-9H,1H3,(H2,21,22,23,24). The molecule has 0 bridgehead atoms. The van der Waals surface area contributed by atoms with Crippen LogP contribution >= 0.6 is 11.6 Å². The van der Waals surface area contributed by atoms with Gasteiger partial charge in [-0.25, -0.2) is 9.18 Å². The third-order valence-corrected chi connectivity index (χ3v) is 3.64. The fourth-order valence-electron chi connectivity index (χ4n) is 2.08. The maximum atomic E-state index is 13.0. The van der Waals surface area contributed by atoms with Gasteiger partial charge in [0.15, 0.2) is 5.82 Å². The van der Waals surface area contributed by atoms with Gasteiger partial charge in [0.1, 0.15) is 5.82 Å². The quantitative estimate of drug-likeness (QED) is 0.655. The van der Waals surface area contributed by atoms with Crippen molar-refractivity contribution in [1.29, 1.82) is 0 Å². The van der Waals surface area contributed by atoms with E-state index in [1.54, 1.807) is 24.3 Å². The Morgan fingerprint density at radius 3 is 2.65 bits per heavy atom. The minimum atomic E-state index is -0.490. The Kier molecular flexibility index (Phi) is 5.23. The highest BCUT2D eigenvalue weighted by Crippen LogP contribution is 2.26. The lowest BCUT2D eigenvalue weighted by atomic mass is 10.2. The first-order chi connectivity index (χ1) is 12.5. The van der Waals surface area contributed by atoms with Gasteiger partial charge in [-0.1, -0.05) is 11.6 Å². The van der Waals surface area contributed by atoms with Gasteiger partial charge in [0, 0.05) is 5.69 Å². The molecule has 1 aromatic heterocycles. The number of nitrogens with one attached hydrogen (secondary N) is 2. The van der Waals surface area contributed by atoms with Crippen molar-refractivity contribution in [2.75, 3.05) is 17.7 Å². The van der Waals surface area contributed by atoms with Gasteiger partial charge in [-0.2, -0.15) is 10.1 Å². The first-order valence-electron chi connectivity index (χ1n) is 7.42. The zero-order chi connectivity index (χ0) is 18.5. The van der Waals surface area contributed by atoms with E-state index in [0.717, 1.165) is 0 Å². The van der Waals surface area contributed by atoms with E-state index in [1.165, 1.54) is 31.5 Å². The number of carbonyl (C=O) groups excluding carboxylic acids is 1. The minimum absolute atomic E-state index is 0.168. The van der Waals surface area contributed by atoms with Crippen LogP contribution < -0.4 is 10.6 Å². The molecule has 0 aliphatic rings. The summed E-state index contributed by atoms with van der Waals surface area (Å²) in [6, 6.07) is 10.4. The lowest BCUT2D eigenvalue weighted by molar-refractivity contribution is 0.0601. The Hall–Kier alpha value is -3.26. The molecule has 0 spiro atoms. The molecule has 0 unspecified atom stereocenters. The van der Waals surface area contributed by atoms with E-state index in [-0.39, 0.29) is 11.8 Å². The number of carbonyl (C=O) groups is 1. The van der Waals surface area contributed by atoms with Crippen molar-refractivity contribution in [2.45, 2.75) is 0 Å². The molecular formula is C17H13ClFN5O2. The Labute approximate surface area is 153 Å². The van der Waals surface area contributed by atoms with Gasteiger partial charge in [0.25, 0.3) is 0 Å². The van der Waals surface area contributed by atoms with E-state index in [9.17, 15) is 9.18 Å². The number of rotatable bonds is 5. The van der Waals surface area contributed by atoms with Crippen LogP contribution in [0.1, 0.15) is 10.4 Å². The fourth-order valence-corrected chi connectivity index (χ4v) is 2.25. The van der Waals surface area contributed by atoms with Crippen molar-refractivity contribution in [2.24, 2.45) is 0 Å². The highest BCUT2D eigenvalue weighted by Gasteiger charge is 2.10. The lowest BCUT2D eigenvalue weighted by Gasteiger charge is -2.10. The summed E-state index contributed by atoms with van der Waals surface area (Å²) >= 11 is 6.14. The number of anilines is 4. The zero-order valence-electron chi connectivity index (χ0n) is 13.5. The number of ether oxygens (including phenoxy) is 1. The number of halogens is 2. The molecule has 0 saturated heterocycles. The van der Waals surface area contributed by atoms with E-state index in [1.807, 2.05) is 0 Å². The second kappa shape index (κ2) is 7.75. The summed E-state index contributed by atoms with van der Waals surface area (Å²) < 4.78 is 17.6. The second-order valence-corrected chi connectivity index (χ2v) is 5.52. The monoisotopic (exact) mass is 373 g/mol. The molecule has 9 heteroatoms. The molecule has 132 valence electrons. The number of benzene rings is 2. The molecular weight excluding hydrogens is 361 g/mol. The van der Waals surface area contributed by atoms with Gasteiger partial charge >= 0.3 is 5.97 Å². The molecule has 7 nitrogen and oxygen atoms in total. The number of nitrogens with zero attached hydrogens (tertiary/aromatic N) is 3. The molecule has 3 rings (SSSR count). The Morgan fingerprint density at radius 2 is 1.92 bits per heavy atom. The molecule has 0 atom stereocenters. The smallest absolute Gasteiger partial charge is 0.337 e. The molecule has 0 radical (unpaired) electrons. The maximum Gasteiger partial charge on any atom is 0.337 e. The number of methoxy groups -OCH3 is 1. The van der Waals surface area contributed by atoms with Gasteiger partial charge in [0.2, 0.25) is 5.95 Å². The molecule has 2 N–H and O–H groups in total. The Balaban J connectivity index is 1.80. The van der Waals surface area contributed by atoms with Gasteiger partial charge in [-0.05, 0) is 42.5 Å². The fraction of sp³-hybridized carbons (Fsp3) is 0.0588. The van der Waals surface area contributed by atoms with Crippen molar-refractivity contribution in [3.05, 3.63) is 65.1 Å². The summed E-state index contributed by atoms with van der Waals surface area (Å²) in [4.78, 5) is 15.9. The normalized spacial score (nSPS) is 10.3. The summed E-state index contributed by atoms with van der Waals surface area (Å²) in [5, 5.41) is 14.0. The average Bonchev–Trinajstić information content (AvgIpc) is 2.65. The van der Waals surface area contributed by atoms with Crippen molar-refractivity contribution in [3.8, 4) is 0 Å². The van der Waals surface area contributed by atoms with Crippen LogP contribution in [0, 0.1) is 5.82 Å². The molecule has 3 aromatic rings. The van der Waals surface area contributed by atoms with Crippen molar-refractivity contribution in [3.63, 3.8) is 0 Å². The molecule has 0 aliphatic carbocycles. The predicted molar refractivity (Wildman–Crippen MR) is 95.6 cm³/mol. The predicted octanol–water partition coefficient (Wildman–Crippen LogP) is 3.94. The first-order valence-corrected chi connectivity index (χ1v) is 7.80. The molecule has 0 fully saturated rings. The SMILES string of the molecule is COC(=O)c1ccc(Cl)c(Nc2nncc(Nc3ccc(F)cc3)n2)c1. The van der Waals surface area contributed by atoms with Gasteiger partial charge in [-0.15, -0.1) is 5.10 Å². The first kappa shape index (κ1) is 17.6. The van der Waals surface area contributed by atoms with Crippen LogP contribution in [0.5, 0.6) is 0 Å². The molecule has 2 aromatic carbocycles. The van der Waals surface area contributed by atoms with Crippen LogP contribution in [0.3, 0.4) is 0 Å². The summed E-state index contributed by atoms with van der Waals surface area (Å²) in [5.41, 5.74) is 1.40. The number of aromatic nitrogens is 3. The summed E-state index contributed by atoms with van der Waals surface area (Å²) in [6.45, 7) is 0. The van der Waals surface area contributed by atoms with Crippen LogP contribution in [0.2, 0.25) is 5.02 Å². The van der Waals surface area contributed by atoms with Crippen LogP contribution in [0.25, 0.3) is 0 Å². The summed E-state index contributed by atoms with van der Waals surface area (Å²) in [6.07, 6.45) is 1.42. The lowest BCUT2D eigenvalue weighted by Crippen LogP contribution is -2.05. The Morgan fingerprint density at radius 1 is 1.15 bits per heavy atom. The minimum Gasteiger partial charge on any atom is -0.465 e. The second-order valence-electron chi connectivity index (χ2n) is 5.11. The van der Waals surface area contributed by atoms with Crippen molar-refractivity contribution >= 4 is 40.7 Å². The van der Waals surface area contributed by atoms with E-state index >= 15 is 0 Å². The maximum absolute atomic E-state index is 13.0. The van der Waals surface area contributed by atoms with Crippen molar-refractivity contribution < 1.29 is 13.9 Å². The van der Waals surface area contributed by atoms with E-state index in [4.69, 9.17) is 11.6 Å². The van der Waals surface area contributed by atoms with Crippen LogP contribution in [-0.2, 0) is 4.74 Å². The number of hydrogen-bond donors (Lipinski definition) is 2. The topological polar surface area (TPSA) is 89.0 Å². The zero-order valence-corrected chi connectivity index (χ0v) is 14.3. The largest absolute Gasteiger partial charge is 0.465 e. The summed E-state index contributed by atoms with van der Waals surface area (Å²) in [7, 11) is 1.29. The van der Waals surface area contributed by atoms with Gasteiger partial charge in [-0.3, -0.25) is 0 Å². The summed E-state index contributed by atoms with van der Waals surface area (Å²) in [5.74, 6) is -0.260. The van der Waals surface area contributed by atoms with Crippen molar-refractivity contribution in [1.82, 2.24) is 15.2 Å². The molecule has 0 aliphatic heterocycles. The third kappa shape index (κ3) is 4.22. The Bertz CT molecular complexity index is 937. The van der Waals surface area contributed by atoms with Crippen LogP contribution in [-0.4, -0.2) is 28.3 Å². The molecule has 0 saturated carbocycles. The van der Waals surface area contributed by atoms with E-state index < -0.39 is 5.97 Å². The number of hydrogen-bond acceptors (Lipinski definition) is 7. The highest BCUT2D eigenvalue weighted by molar-refractivity contribution is 6.33. The van der Waals surface area contributed by atoms with Gasteiger partial charge < -0.3 is 15.4 Å². The van der Waals surface area contributed by atoms with Crippen LogP contribution in [0.4, 0.5) is 27.5 Å². The van der Waals surface area contributed by atoms with Gasteiger partial charge in [0.05, 0.1) is 29.6 Å². The average molecular weight is 374 g/mol. The third-order valence-electron chi connectivity index (χ3n) is 3.31. The van der Waals surface area contributed by atoms with E-state index in [2.05, 4.69) is 30.6 Å². The molecule has 26 heavy (non-hydrogen) atoms. The van der Waals surface area contributed by atoms with E-state index in [0.29, 0.717) is 27.8 Å².